The molecule has 1 amide bonds. The van der Waals surface area contributed by atoms with Crippen LogP contribution in [-0.2, 0) is 6.54 Å². The zero-order valence-electron chi connectivity index (χ0n) is 13.6. The average molecular weight is 362 g/mol. The van der Waals surface area contributed by atoms with Crippen molar-refractivity contribution in [1.29, 1.82) is 0 Å². The van der Waals surface area contributed by atoms with E-state index in [1.807, 2.05) is 36.4 Å². The third-order valence-electron chi connectivity index (χ3n) is 3.85. The smallest absolute Gasteiger partial charge is 0.250 e. The van der Waals surface area contributed by atoms with E-state index in [9.17, 15) is 4.79 Å². The second kappa shape index (κ2) is 6.85. The molecule has 2 aromatic heterocycles. The van der Waals surface area contributed by atoms with Gasteiger partial charge in [-0.1, -0.05) is 42.5 Å². The fourth-order valence-electron chi connectivity index (χ4n) is 2.60. The van der Waals surface area contributed by atoms with Crippen molar-refractivity contribution in [2.75, 3.05) is 5.32 Å². The zero-order chi connectivity index (χ0) is 17.9. The largest absolute Gasteiger partial charge is 0.366 e. The highest BCUT2D eigenvalue weighted by Crippen LogP contribution is 2.32. The van der Waals surface area contributed by atoms with Crippen molar-refractivity contribution in [3.05, 3.63) is 65.9 Å². The summed E-state index contributed by atoms with van der Waals surface area (Å²) in [5, 5.41) is 12.2. The molecule has 26 heavy (non-hydrogen) atoms. The van der Waals surface area contributed by atoms with E-state index >= 15 is 0 Å². The van der Waals surface area contributed by atoms with Gasteiger partial charge < -0.3 is 11.1 Å². The number of rotatable bonds is 5. The molecule has 3 N–H and O–H groups in total. The van der Waals surface area contributed by atoms with Crippen LogP contribution in [-0.4, -0.2) is 25.5 Å². The van der Waals surface area contributed by atoms with E-state index < -0.39 is 5.91 Å². The lowest BCUT2D eigenvalue weighted by Gasteiger charge is -2.06. The lowest BCUT2D eigenvalue weighted by Crippen LogP contribution is -2.11. The molecule has 4 aromatic rings. The Hall–Kier alpha value is -3.39. The summed E-state index contributed by atoms with van der Waals surface area (Å²) in [6.45, 7) is 0.633. The molecule has 0 aliphatic heterocycles. The van der Waals surface area contributed by atoms with E-state index in [0.29, 0.717) is 29.3 Å². The maximum absolute atomic E-state index is 11.6. The number of nitrogens with zero attached hydrogens (tertiary/aromatic N) is 4. The van der Waals surface area contributed by atoms with Crippen LogP contribution in [0.25, 0.3) is 21.6 Å². The SMILES string of the molecule is NC(=O)c1cccc2c(-c3nncc(NCc4ccccc4)n3)snc12. The first-order chi connectivity index (χ1) is 12.7. The van der Waals surface area contributed by atoms with Crippen LogP contribution >= 0.6 is 11.5 Å². The monoisotopic (exact) mass is 362 g/mol. The minimum atomic E-state index is -0.509. The number of hydrogen-bond donors (Lipinski definition) is 2. The molecule has 0 saturated carbocycles. The van der Waals surface area contributed by atoms with Crippen molar-refractivity contribution in [3.63, 3.8) is 0 Å². The first-order valence-electron chi connectivity index (χ1n) is 7.88. The quantitative estimate of drug-likeness (QED) is 0.565. The molecule has 0 aliphatic rings. The summed E-state index contributed by atoms with van der Waals surface area (Å²) < 4.78 is 4.35. The number of carbonyl (C=O) groups is 1. The maximum atomic E-state index is 11.6. The van der Waals surface area contributed by atoms with Crippen molar-refractivity contribution in [2.24, 2.45) is 5.73 Å². The number of primary amides is 1. The normalized spacial score (nSPS) is 10.8. The molecule has 7 nitrogen and oxygen atoms in total. The fraction of sp³-hybridized carbons (Fsp3) is 0.0556. The predicted molar refractivity (Wildman–Crippen MR) is 101 cm³/mol. The molecule has 0 saturated heterocycles. The van der Waals surface area contributed by atoms with Gasteiger partial charge in [-0.2, -0.15) is 9.47 Å². The van der Waals surface area contributed by atoms with Crippen molar-refractivity contribution >= 4 is 34.2 Å². The highest BCUT2D eigenvalue weighted by molar-refractivity contribution is 7.11. The van der Waals surface area contributed by atoms with Crippen LogP contribution in [0.2, 0.25) is 0 Å². The number of amides is 1. The Balaban J connectivity index is 1.65. The summed E-state index contributed by atoms with van der Waals surface area (Å²) in [6.07, 6.45) is 1.57. The van der Waals surface area contributed by atoms with Crippen LogP contribution in [0.1, 0.15) is 15.9 Å². The number of hydrogen-bond acceptors (Lipinski definition) is 7. The van der Waals surface area contributed by atoms with Crippen molar-refractivity contribution in [1.82, 2.24) is 19.6 Å². The Morgan fingerprint density at radius 2 is 1.96 bits per heavy atom. The van der Waals surface area contributed by atoms with Crippen molar-refractivity contribution in [2.45, 2.75) is 6.54 Å². The molecular weight excluding hydrogens is 348 g/mol. The average Bonchev–Trinajstić information content (AvgIpc) is 3.11. The van der Waals surface area contributed by atoms with Crippen LogP contribution < -0.4 is 11.1 Å². The van der Waals surface area contributed by atoms with Gasteiger partial charge in [-0.25, -0.2) is 4.98 Å². The Bertz CT molecular complexity index is 1080. The molecule has 0 spiro atoms. The standard InChI is InChI=1S/C18H14N6OS/c19-17(25)13-8-4-7-12-15(13)24-26-16(12)18-22-14(10-21-23-18)20-9-11-5-2-1-3-6-11/h1-8,10H,9H2,(H2,19,25)(H,20,22,23). The van der Waals surface area contributed by atoms with Crippen LogP contribution in [0.4, 0.5) is 5.82 Å². The summed E-state index contributed by atoms with van der Waals surface area (Å²) in [7, 11) is 0. The highest BCUT2D eigenvalue weighted by atomic mass is 32.1. The molecule has 0 aliphatic carbocycles. The first-order valence-corrected chi connectivity index (χ1v) is 8.66. The van der Waals surface area contributed by atoms with E-state index in [2.05, 4.69) is 24.9 Å². The van der Waals surface area contributed by atoms with Gasteiger partial charge in [-0.05, 0) is 23.2 Å². The molecule has 2 aromatic carbocycles. The Labute approximate surface area is 153 Å². The fourth-order valence-corrected chi connectivity index (χ4v) is 3.41. The predicted octanol–water partition coefficient (Wildman–Crippen LogP) is 2.86. The molecule has 8 heteroatoms. The van der Waals surface area contributed by atoms with E-state index in [4.69, 9.17) is 5.73 Å². The number of aromatic nitrogens is 4. The molecule has 0 fully saturated rings. The van der Waals surface area contributed by atoms with Gasteiger partial charge in [-0.15, -0.1) is 5.10 Å². The third kappa shape index (κ3) is 3.09. The maximum Gasteiger partial charge on any atom is 0.250 e. The van der Waals surface area contributed by atoms with Gasteiger partial charge in [0.1, 0.15) is 10.7 Å². The third-order valence-corrected chi connectivity index (χ3v) is 4.71. The second-order valence-electron chi connectivity index (χ2n) is 5.58. The highest BCUT2D eigenvalue weighted by Gasteiger charge is 2.16. The number of benzene rings is 2. The second-order valence-corrected chi connectivity index (χ2v) is 6.36. The van der Waals surface area contributed by atoms with Crippen LogP contribution in [0.15, 0.2) is 54.7 Å². The van der Waals surface area contributed by atoms with Gasteiger partial charge in [0, 0.05) is 11.9 Å². The summed E-state index contributed by atoms with van der Waals surface area (Å²) in [4.78, 5) is 16.8. The molecule has 0 unspecified atom stereocenters. The first kappa shape index (κ1) is 16.1. The molecule has 4 rings (SSSR count). The number of anilines is 1. The summed E-state index contributed by atoms with van der Waals surface area (Å²) in [5.41, 5.74) is 7.51. The van der Waals surface area contributed by atoms with Crippen LogP contribution in [0.3, 0.4) is 0 Å². The number of carbonyl (C=O) groups excluding carboxylic acids is 1. The lowest BCUT2D eigenvalue weighted by molar-refractivity contribution is 0.100. The number of nitrogens with one attached hydrogen (secondary N) is 1. The summed E-state index contributed by atoms with van der Waals surface area (Å²) >= 11 is 1.22. The minimum Gasteiger partial charge on any atom is -0.366 e. The van der Waals surface area contributed by atoms with E-state index in [-0.39, 0.29) is 0 Å². The summed E-state index contributed by atoms with van der Waals surface area (Å²) in [6, 6.07) is 15.3. The zero-order valence-corrected chi connectivity index (χ0v) is 14.4. The molecule has 128 valence electrons. The van der Waals surface area contributed by atoms with Gasteiger partial charge in [0.2, 0.25) is 0 Å². The Morgan fingerprint density at radius 1 is 1.12 bits per heavy atom. The Kier molecular flexibility index (Phi) is 4.24. The minimum absolute atomic E-state index is 0.385. The van der Waals surface area contributed by atoms with Gasteiger partial charge in [0.05, 0.1) is 17.3 Å². The van der Waals surface area contributed by atoms with Crippen LogP contribution in [0.5, 0.6) is 0 Å². The number of fused-ring (bicyclic) bond motifs is 1. The molecule has 0 atom stereocenters. The van der Waals surface area contributed by atoms with E-state index in [1.54, 1.807) is 18.3 Å². The van der Waals surface area contributed by atoms with Crippen LogP contribution in [0, 0.1) is 0 Å². The molecular formula is C18H14N6OS. The van der Waals surface area contributed by atoms with E-state index in [1.165, 1.54) is 11.5 Å². The molecule has 2 heterocycles. The molecule has 0 bridgehead atoms. The topological polar surface area (TPSA) is 107 Å². The molecule has 0 radical (unpaired) electrons. The number of nitrogens with two attached hydrogens (primary N) is 1. The van der Waals surface area contributed by atoms with Gasteiger partial charge in [-0.3, -0.25) is 4.79 Å². The Morgan fingerprint density at radius 3 is 2.77 bits per heavy atom. The van der Waals surface area contributed by atoms with Gasteiger partial charge >= 0.3 is 0 Å². The summed E-state index contributed by atoms with van der Waals surface area (Å²) in [5.74, 6) is 0.563. The lowest BCUT2D eigenvalue weighted by atomic mass is 10.1. The van der Waals surface area contributed by atoms with Crippen molar-refractivity contribution in [3.8, 4) is 10.7 Å². The van der Waals surface area contributed by atoms with Crippen molar-refractivity contribution < 1.29 is 4.79 Å². The van der Waals surface area contributed by atoms with E-state index in [0.717, 1.165) is 15.8 Å². The van der Waals surface area contributed by atoms with Gasteiger partial charge in [0.15, 0.2) is 5.82 Å². The van der Waals surface area contributed by atoms with Gasteiger partial charge in [0.25, 0.3) is 5.91 Å².